The van der Waals surface area contributed by atoms with E-state index in [4.69, 9.17) is 9.15 Å². The first kappa shape index (κ1) is 18.0. The van der Waals surface area contributed by atoms with E-state index in [9.17, 15) is 14.4 Å². The molecular formula is C18H18N2O5. The van der Waals surface area contributed by atoms with Crippen LogP contribution >= 0.6 is 0 Å². The fourth-order valence-electron chi connectivity index (χ4n) is 1.96. The summed E-state index contributed by atoms with van der Waals surface area (Å²) in [5.74, 6) is -0.0636. The van der Waals surface area contributed by atoms with Crippen LogP contribution in [0.3, 0.4) is 0 Å². The lowest BCUT2D eigenvalue weighted by Crippen LogP contribution is -2.18. The molecule has 0 aliphatic carbocycles. The molecule has 0 radical (unpaired) electrons. The maximum atomic E-state index is 11.9. The summed E-state index contributed by atoms with van der Waals surface area (Å²) in [5, 5.41) is 5.18. The molecule has 0 saturated heterocycles. The molecule has 7 heteroatoms. The van der Waals surface area contributed by atoms with E-state index < -0.39 is 5.97 Å². The summed E-state index contributed by atoms with van der Waals surface area (Å²) in [5.41, 5.74) is 0.955. The lowest BCUT2D eigenvalue weighted by atomic mass is 10.2. The number of anilines is 1. The SMILES string of the molecule is CNC(=O)c1cccc(NC(=O)C=Cc2ccc(COC(C)=O)o2)c1. The Balaban J connectivity index is 1.95. The normalized spacial score (nSPS) is 10.5. The Morgan fingerprint density at radius 3 is 2.72 bits per heavy atom. The number of hydrogen-bond acceptors (Lipinski definition) is 5. The molecule has 1 aromatic heterocycles. The molecule has 0 unspecified atom stereocenters. The van der Waals surface area contributed by atoms with Gasteiger partial charge in [-0.3, -0.25) is 14.4 Å². The minimum atomic E-state index is -0.396. The quantitative estimate of drug-likeness (QED) is 0.620. The van der Waals surface area contributed by atoms with Gasteiger partial charge in [-0.05, 0) is 36.4 Å². The van der Waals surface area contributed by atoms with Crippen molar-refractivity contribution in [2.75, 3.05) is 12.4 Å². The van der Waals surface area contributed by atoms with Crippen molar-refractivity contribution in [3.05, 3.63) is 59.6 Å². The number of rotatable bonds is 6. The van der Waals surface area contributed by atoms with E-state index in [1.807, 2.05) is 0 Å². The molecule has 1 aromatic carbocycles. The lowest BCUT2D eigenvalue weighted by Gasteiger charge is -2.04. The Kier molecular flexibility index (Phi) is 6.11. The van der Waals surface area contributed by atoms with Gasteiger partial charge >= 0.3 is 5.97 Å². The van der Waals surface area contributed by atoms with Crippen molar-refractivity contribution in [1.82, 2.24) is 5.32 Å². The van der Waals surface area contributed by atoms with Gasteiger partial charge in [0.15, 0.2) is 0 Å². The zero-order valence-electron chi connectivity index (χ0n) is 13.9. The highest BCUT2D eigenvalue weighted by Crippen LogP contribution is 2.13. The van der Waals surface area contributed by atoms with Crippen molar-refractivity contribution in [1.29, 1.82) is 0 Å². The third-order valence-corrected chi connectivity index (χ3v) is 3.12. The van der Waals surface area contributed by atoms with Gasteiger partial charge in [0.05, 0.1) is 0 Å². The monoisotopic (exact) mass is 342 g/mol. The second-order valence-corrected chi connectivity index (χ2v) is 5.07. The standard InChI is InChI=1S/C18H18N2O5/c1-12(21)24-11-16-7-6-15(25-16)8-9-17(22)20-14-5-3-4-13(10-14)18(23)19-2/h3-10H,11H2,1-2H3,(H,19,23)(H,20,22). The Morgan fingerprint density at radius 2 is 2.00 bits per heavy atom. The molecule has 0 fully saturated rings. The van der Waals surface area contributed by atoms with Crippen molar-refractivity contribution in [2.45, 2.75) is 13.5 Å². The van der Waals surface area contributed by atoms with Crippen LogP contribution in [0, 0.1) is 0 Å². The maximum absolute atomic E-state index is 11.9. The first-order valence-corrected chi connectivity index (χ1v) is 7.51. The third-order valence-electron chi connectivity index (χ3n) is 3.12. The lowest BCUT2D eigenvalue weighted by molar-refractivity contribution is -0.142. The highest BCUT2D eigenvalue weighted by Gasteiger charge is 2.06. The Bertz CT molecular complexity index is 807. The molecule has 1 heterocycles. The molecule has 0 saturated carbocycles. The van der Waals surface area contributed by atoms with Gasteiger partial charge in [-0.25, -0.2) is 0 Å². The molecule has 25 heavy (non-hydrogen) atoms. The molecule has 2 N–H and O–H groups in total. The smallest absolute Gasteiger partial charge is 0.303 e. The average molecular weight is 342 g/mol. The van der Waals surface area contributed by atoms with Crippen molar-refractivity contribution in [3.8, 4) is 0 Å². The third kappa shape index (κ3) is 5.65. The van der Waals surface area contributed by atoms with Crippen LogP contribution in [-0.4, -0.2) is 24.8 Å². The summed E-state index contributed by atoms with van der Waals surface area (Å²) >= 11 is 0. The number of ether oxygens (including phenoxy) is 1. The number of hydrogen-bond donors (Lipinski definition) is 2. The highest BCUT2D eigenvalue weighted by molar-refractivity contribution is 6.03. The number of furan rings is 1. The average Bonchev–Trinajstić information content (AvgIpc) is 3.05. The molecule has 0 atom stereocenters. The van der Waals surface area contributed by atoms with E-state index >= 15 is 0 Å². The van der Waals surface area contributed by atoms with E-state index in [1.165, 1.54) is 26.1 Å². The van der Waals surface area contributed by atoms with Crippen molar-refractivity contribution in [2.24, 2.45) is 0 Å². The van der Waals surface area contributed by atoms with Crippen LogP contribution in [0.4, 0.5) is 5.69 Å². The van der Waals surface area contributed by atoms with Crippen molar-refractivity contribution in [3.63, 3.8) is 0 Å². The maximum Gasteiger partial charge on any atom is 0.303 e. The summed E-state index contributed by atoms with van der Waals surface area (Å²) in [6.45, 7) is 1.36. The number of nitrogens with one attached hydrogen (secondary N) is 2. The molecular weight excluding hydrogens is 324 g/mol. The van der Waals surface area contributed by atoms with E-state index in [-0.39, 0.29) is 18.4 Å². The molecule has 2 aromatic rings. The molecule has 0 bridgehead atoms. The topological polar surface area (TPSA) is 97.6 Å². The first-order valence-electron chi connectivity index (χ1n) is 7.51. The predicted molar refractivity (Wildman–Crippen MR) is 91.7 cm³/mol. The first-order chi connectivity index (χ1) is 12.0. The molecule has 0 aliphatic rings. The van der Waals surface area contributed by atoms with Crippen molar-refractivity contribution >= 4 is 29.5 Å². The van der Waals surface area contributed by atoms with Gasteiger partial charge in [-0.1, -0.05) is 6.07 Å². The number of carbonyl (C=O) groups excluding carboxylic acids is 3. The van der Waals surface area contributed by atoms with Gasteiger partial charge in [0.25, 0.3) is 5.91 Å². The van der Waals surface area contributed by atoms with E-state index in [2.05, 4.69) is 10.6 Å². The van der Waals surface area contributed by atoms with Crippen LogP contribution in [0.1, 0.15) is 28.8 Å². The van der Waals surface area contributed by atoms with Gasteiger partial charge in [-0.2, -0.15) is 0 Å². The molecule has 7 nitrogen and oxygen atoms in total. The van der Waals surface area contributed by atoms with Gasteiger partial charge in [0.1, 0.15) is 18.1 Å². The van der Waals surface area contributed by atoms with Gasteiger partial charge in [-0.15, -0.1) is 0 Å². The van der Waals surface area contributed by atoms with E-state index in [1.54, 1.807) is 36.4 Å². The Hall–Kier alpha value is -3.35. The predicted octanol–water partition coefficient (Wildman–Crippen LogP) is 2.35. The minimum Gasteiger partial charge on any atom is -0.458 e. The highest BCUT2D eigenvalue weighted by atomic mass is 16.5. The van der Waals surface area contributed by atoms with Crippen molar-refractivity contribution < 1.29 is 23.5 Å². The Morgan fingerprint density at radius 1 is 1.20 bits per heavy atom. The number of carbonyl (C=O) groups is 3. The van der Waals surface area contributed by atoms with Crippen LogP contribution in [0.25, 0.3) is 6.08 Å². The van der Waals surface area contributed by atoms with E-state index in [0.717, 1.165) is 0 Å². The van der Waals surface area contributed by atoms with Crippen LogP contribution in [0.2, 0.25) is 0 Å². The van der Waals surface area contributed by atoms with Gasteiger partial charge in [0, 0.05) is 31.3 Å². The van der Waals surface area contributed by atoms with Crippen LogP contribution in [0.15, 0.2) is 46.9 Å². The van der Waals surface area contributed by atoms with Gasteiger partial charge < -0.3 is 19.8 Å². The van der Waals surface area contributed by atoms with Crippen LogP contribution < -0.4 is 10.6 Å². The second kappa shape index (κ2) is 8.49. The fraction of sp³-hybridized carbons (Fsp3) is 0.167. The summed E-state index contributed by atoms with van der Waals surface area (Å²) in [6, 6.07) is 9.91. The zero-order valence-corrected chi connectivity index (χ0v) is 13.9. The summed E-state index contributed by atoms with van der Waals surface area (Å²) in [4.78, 5) is 34.3. The molecule has 0 spiro atoms. The molecule has 130 valence electrons. The van der Waals surface area contributed by atoms with Crippen LogP contribution in [-0.2, 0) is 20.9 Å². The number of esters is 1. The minimum absolute atomic E-state index is 0.0433. The number of amides is 2. The van der Waals surface area contributed by atoms with E-state index in [0.29, 0.717) is 22.8 Å². The second-order valence-electron chi connectivity index (χ2n) is 5.07. The zero-order chi connectivity index (χ0) is 18.2. The summed E-state index contributed by atoms with van der Waals surface area (Å²) < 4.78 is 10.2. The van der Waals surface area contributed by atoms with Crippen LogP contribution in [0.5, 0.6) is 0 Å². The Labute approximate surface area is 144 Å². The summed E-state index contributed by atoms with van der Waals surface area (Å²) in [6.07, 6.45) is 2.80. The van der Waals surface area contributed by atoms with Gasteiger partial charge in [0.2, 0.25) is 5.91 Å². The number of benzene rings is 1. The molecule has 2 rings (SSSR count). The molecule has 2 amide bonds. The summed E-state index contributed by atoms with van der Waals surface area (Å²) in [7, 11) is 1.54. The largest absolute Gasteiger partial charge is 0.458 e. The fourth-order valence-corrected chi connectivity index (χ4v) is 1.96. The molecule has 0 aliphatic heterocycles.